The van der Waals surface area contributed by atoms with Crippen LogP contribution in [-0.2, 0) is 0 Å². The quantitative estimate of drug-likeness (QED) is 0.652. The molecule has 74 valence electrons. The zero-order valence-corrected chi connectivity index (χ0v) is 7.29. The molecule has 6 nitrogen and oxygen atoms in total. The van der Waals surface area contributed by atoms with Crippen LogP contribution in [0, 0.1) is 0 Å². The highest BCUT2D eigenvalue weighted by atomic mass is 16.4. The zero-order chi connectivity index (χ0) is 10.1. The Morgan fingerprint density at radius 3 is 2.57 bits per heavy atom. The molecule has 0 saturated carbocycles. The van der Waals surface area contributed by atoms with Crippen LogP contribution >= 0.6 is 0 Å². The van der Waals surface area contributed by atoms with Crippen molar-refractivity contribution in [3.63, 3.8) is 0 Å². The zero-order valence-electron chi connectivity index (χ0n) is 7.29. The number of hydrogen-bond acceptors (Lipinski definition) is 5. The van der Waals surface area contributed by atoms with Gasteiger partial charge in [0.2, 0.25) is 0 Å². The van der Waals surface area contributed by atoms with Crippen molar-refractivity contribution >= 4 is 11.8 Å². The molecule has 1 aliphatic rings. The molecule has 1 aromatic rings. The molecule has 14 heavy (non-hydrogen) atoms. The van der Waals surface area contributed by atoms with Crippen molar-refractivity contribution in [2.45, 2.75) is 6.10 Å². The summed E-state index contributed by atoms with van der Waals surface area (Å²) in [5.74, 6) is -0.493. The maximum absolute atomic E-state index is 10.5. The van der Waals surface area contributed by atoms with Crippen molar-refractivity contribution in [1.82, 2.24) is 9.97 Å². The number of aromatic nitrogens is 2. The fourth-order valence-corrected chi connectivity index (χ4v) is 1.24. The number of hydrogen-bond donors (Lipinski definition) is 2. The fourth-order valence-electron chi connectivity index (χ4n) is 1.24. The number of aromatic carboxylic acids is 1. The molecule has 6 heteroatoms. The first kappa shape index (κ1) is 8.89. The SMILES string of the molecule is O=C(O)c1cnc(N2CC(O)C2)cn1. The Balaban J connectivity index is 2.10. The Morgan fingerprint density at radius 1 is 1.43 bits per heavy atom. The van der Waals surface area contributed by atoms with Gasteiger partial charge in [-0.15, -0.1) is 0 Å². The largest absolute Gasteiger partial charge is 0.476 e. The molecule has 0 bridgehead atoms. The van der Waals surface area contributed by atoms with Crippen LogP contribution in [-0.4, -0.2) is 45.3 Å². The molecule has 0 amide bonds. The van der Waals surface area contributed by atoms with Crippen molar-refractivity contribution < 1.29 is 15.0 Å². The molecule has 0 atom stereocenters. The van der Waals surface area contributed by atoms with Crippen LogP contribution in [0.5, 0.6) is 0 Å². The summed E-state index contributed by atoms with van der Waals surface area (Å²) in [6, 6.07) is 0. The van der Waals surface area contributed by atoms with Crippen LogP contribution in [0.15, 0.2) is 12.4 Å². The van der Waals surface area contributed by atoms with E-state index in [2.05, 4.69) is 9.97 Å². The van der Waals surface area contributed by atoms with E-state index in [-0.39, 0.29) is 11.8 Å². The van der Waals surface area contributed by atoms with Crippen LogP contribution < -0.4 is 4.90 Å². The van der Waals surface area contributed by atoms with Gasteiger partial charge in [0.1, 0.15) is 5.82 Å². The molecule has 0 unspecified atom stereocenters. The summed E-state index contributed by atoms with van der Waals surface area (Å²) in [5, 5.41) is 17.6. The van der Waals surface area contributed by atoms with Gasteiger partial charge in [0, 0.05) is 13.1 Å². The van der Waals surface area contributed by atoms with Crippen molar-refractivity contribution in [1.29, 1.82) is 0 Å². The molecule has 0 radical (unpaired) electrons. The van der Waals surface area contributed by atoms with E-state index in [1.807, 2.05) is 4.90 Å². The number of β-amino-alcohol motifs (C(OH)–C–C–N with tert-alkyl or cyclic N) is 1. The van der Waals surface area contributed by atoms with Gasteiger partial charge in [0.25, 0.3) is 0 Å². The predicted molar refractivity (Wildman–Crippen MR) is 47.2 cm³/mol. The molecule has 1 aliphatic heterocycles. The van der Waals surface area contributed by atoms with E-state index in [0.717, 1.165) is 0 Å². The third-order valence-electron chi connectivity index (χ3n) is 2.04. The summed E-state index contributed by atoms with van der Waals surface area (Å²) in [6.45, 7) is 1.06. The topological polar surface area (TPSA) is 86.5 Å². The lowest BCUT2D eigenvalue weighted by Gasteiger charge is -2.36. The van der Waals surface area contributed by atoms with Gasteiger partial charge in [0.05, 0.1) is 18.5 Å². The van der Waals surface area contributed by atoms with Crippen LogP contribution in [0.3, 0.4) is 0 Å². The molecule has 1 saturated heterocycles. The highest BCUT2D eigenvalue weighted by molar-refractivity contribution is 5.84. The average Bonchev–Trinajstić information content (AvgIpc) is 2.13. The highest BCUT2D eigenvalue weighted by Crippen LogP contribution is 2.16. The van der Waals surface area contributed by atoms with E-state index in [1.54, 1.807) is 0 Å². The second-order valence-corrected chi connectivity index (χ2v) is 3.12. The number of rotatable bonds is 2. The van der Waals surface area contributed by atoms with Gasteiger partial charge in [-0.05, 0) is 0 Å². The van der Waals surface area contributed by atoms with Crippen LogP contribution in [0.2, 0.25) is 0 Å². The van der Waals surface area contributed by atoms with Crippen LogP contribution in [0.4, 0.5) is 5.82 Å². The van der Waals surface area contributed by atoms with Crippen molar-refractivity contribution in [2.75, 3.05) is 18.0 Å². The molecule has 0 spiro atoms. The summed E-state index contributed by atoms with van der Waals surface area (Å²) >= 11 is 0. The van der Waals surface area contributed by atoms with E-state index < -0.39 is 5.97 Å². The summed E-state index contributed by atoms with van der Waals surface area (Å²) in [7, 11) is 0. The Bertz CT molecular complexity index is 345. The number of anilines is 1. The maximum atomic E-state index is 10.5. The minimum atomic E-state index is -1.09. The molecule has 1 fully saturated rings. The first-order chi connectivity index (χ1) is 6.66. The minimum Gasteiger partial charge on any atom is -0.476 e. The predicted octanol–water partition coefficient (Wildman–Crippen LogP) is -0.644. The lowest BCUT2D eigenvalue weighted by Crippen LogP contribution is -2.51. The molecule has 2 N–H and O–H groups in total. The molecular weight excluding hydrogens is 186 g/mol. The fraction of sp³-hybridized carbons (Fsp3) is 0.375. The number of aliphatic hydroxyl groups excluding tert-OH is 1. The smallest absolute Gasteiger partial charge is 0.356 e. The van der Waals surface area contributed by atoms with Gasteiger partial charge in [-0.25, -0.2) is 14.8 Å². The lowest BCUT2D eigenvalue weighted by molar-refractivity contribution is 0.0690. The van der Waals surface area contributed by atoms with Crippen LogP contribution in [0.1, 0.15) is 10.5 Å². The molecule has 1 aromatic heterocycles. The van der Waals surface area contributed by atoms with Crippen molar-refractivity contribution in [3.8, 4) is 0 Å². The van der Waals surface area contributed by atoms with E-state index in [0.29, 0.717) is 18.9 Å². The number of carboxylic acid groups (broad SMARTS) is 1. The summed E-state index contributed by atoms with van der Waals surface area (Å²) in [5.41, 5.74) is -0.0742. The molecule has 0 aliphatic carbocycles. The average molecular weight is 195 g/mol. The molecule has 0 aromatic carbocycles. The summed E-state index contributed by atoms with van der Waals surface area (Å²) < 4.78 is 0. The molecular formula is C8H9N3O3. The monoisotopic (exact) mass is 195 g/mol. The summed E-state index contributed by atoms with van der Waals surface area (Å²) in [4.78, 5) is 19.9. The number of carbonyl (C=O) groups is 1. The highest BCUT2D eigenvalue weighted by Gasteiger charge is 2.25. The van der Waals surface area contributed by atoms with Gasteiger partial charge in [-0.2, -0.15) is 0 Å². The Hall–Kier alpha value is -1.69. The second-order valence-electron chi connectivity index (χ2n) is 3.12. The first-order valence-electron chi connectivity index (χ1n) is 4.15. The number of carboxylic acids is 1. The summed E-state index contributed by atoms with van der Waals surface area (Å²) in [6.07, 6.45) is 2.30. The van der Waals surface area contributed by atoms with Crippen LogP contribution in [0.25, 0.3) is 0 Å². The van der Waals surface area contributed by atoms with Gasteiger partial charge in [-0.3, -0.25) is 0 Å². The van der Waals surface area contributed by atoms with E-state index in [9.17, 15) is 4.79 Å². The first-order valence-corrected chi connectivity index (χ1v) is 4.15. The Labute approximate surface area is 79.8 Å². The molecule has 2 heterocycles. The Kier molecular flexibility index (Phi) is 2.05. The van der Waals surface area contributed by atoms with Gasteiger partial charge >= 0.3 is 5.97 Å². The van der Waals surface area contributed by atoms with Crippen molar-refractivity contribution in [3.05, 3.63) is 18.1 Å². The third kappa shape index (κ3) is 1.51. The second kappa shape index (κ2) is 3.22. The van der Waals surface area contributed by atoms with Crippen molar-refractivity contribution in [2.24, 2.45) is 0 Å². The number of nitrogens with zero attached hydrogens (tertiary/aromatic N) is 3. The Morgan fingerprint density at radius 2 is 2.14 bits per heavy atom. The molecule has 2 rings (SSSR count). The van der Waals surface area contributed by atoms with Gasteiger partial charge in [-0.1, -0.05) is 0 Å². The third-order valence-corrected chi connectivity index (χ3v) is 2.04. The normalized spacial score (nSPS) is 16.5. The minimum absolute atomic E-state index is 0.0742. The van der Waals surface area contributed by atoms with E-state index in [1.165, 1.54) is 12.4 Å². The lowest BCUT2D eigenvalue weighted by atomic mass is 10.2. The maximum Gasteiger partial charge on any atom is 0.356 e. The van der Waals surface area contributed by atoms with E-state index >= 15 is 0 Å². The number of aliphatic hydroxyl groups is 1. The van der Waals surface area contributed by atoms with E-state index in [4.69, 9.17) is 10.2 Å². The van der Waals surface area contributed by atoms with Gasteiger partial charge < -0.3 is 15.1 Å². The van der Waals surface area contributed by atoms with Gasteiger partial charge in [0.15, 0.2) is 5.69 Å². The standard InChI is InChI=1S/C8H9N3O3/c12-5-3-11(4-5)7-2-9-6(1-10-7)8(13)14/h1-2,5,12H,3-4H2,(H,13,14).